The Kier molecular flexibility index (Phi) is 7.47. The van der Waals surface area contributed by atoms with Gasteiger partial charge in [-0.2, -0.15) is 4.37 Å². The minimum Gasteiger partial charge on any atom is -0.468 e. The van der Waals surface area contributed by atoms with Crippen LogP contribution in [0.2, 0.25) is 0 Å². The van der Waals surface area contributed by atoms with Crippen molar-refractivity contribution in [2.75, 3.05) is 19.4 Å². The van der Waals surface area contributed by atoms with E-state index in [0.717, 1.165) is 41.7 Å². The zero-order chi connectivity index (χ0) is 15.0. The smallest absolute Gasteiger partial charge is 0.325 e. The molecule has 0 aliphatic rings. The summed E-state index contributed by atoms with van der Waals surface area (Å²) < 4.78 is 10.1. The molecular weight excluding hydrogens is 294 g/mol. The molecule has 1 aromatic heterocycles. The Labute approximate surface area is 129 Å². The van der Waals surface area contributed by atoms with E-state index in [-0.39, 0.29) is 5.97 Å². The summed E-state index contributed by atoms with van der Waals surface area (Å²) in [5, 5.41) is 3.21. The number of carbonyl (C=O) groups is 1. The molecule has 1 atom stereocenters. The zero-order valence-corrected chi connectivity index (χ0v) is 14.2. The molecule has 1 aromatic rings. The van der Waals surface area contributed by atoms with Crippen LogP contribution in [0, 0.1) is 0 Å². The molecule has 0 aliphatic heterocycles. The Bertz CT molecular complexity index is 426. The second-order valence-electron chi connectivity index (χ2n) is 4.64. The molecule has 114 valence electrons. The highest BCUT2D eigenvalue weighted by molar-refractivity contribution is 8.00. The number of hydrogen-bond acceptors (Lipinski definition) is 7. The van der Waals surface area contributed by atoms with Crippen molar-refractivity contribution in [2.24, 2.45) is 0 Å². The molecule has 1 heterocycles. The van der Waals surface area contributed by atoms with Crippen molar-refractivity contribution in [3.8, 4) is 0 Å². The number of hydrogen-bond donors (Lipinski definition) is 1. The Balaban J connectivity index is 2.39. The number of aromatic nitrogens is 2. The molecule has 1 N–H and O–H groups in total. The van der Waals surface area contributed by atoms with Gasteiger partial charge >= 0.3 is 5.97 Å². The highest BCUT2D eigenvalue weighted by Gasteiger charge is 2.32. The first kappa shape index (κ1) is 17.4. The molecule has 0 saturated carbocycles. The number of aryl methyl sites for hydroxylation is 1. The van der Waals surface area contributed by atoms with Crippen LogP contribution in [0.4, 0.5) is 0 Å². The van der Waals surface area contributed by atoms with E-state index in [1.165, 1.54) is 18.6 Å². The van der Waals surface area contributed by atoms with E-state index in [2.05, 4.69) is 21.6 Å². The van der Waals surface area contributed by atoms with Crippen LogP contribution in [0.15, 0.2) is 4.34 Å². The molecule has 0 spiro atoms. The third-order valence-corrected chi connectivity index (χ3v) is 4.97. The molecule has 0 bridgehead atoms. The summed E-state index contributed by atoms with van der Waals surface area (Å²) in [6.07, 6.45) is 2.54. The van der Waals surface area contributed by atoms with Gasteiger partial charge in [-0.1, -0.05) is 25.6 Å². The van der Waals surface area contributed by atoms with E-state index in [4.69, 9.17) is 4.74 Å². The number of nitrogens with zero attached hydrogens (tertiary/aromatic N) is 2. The summed E-state index contributed by atoms with van der Waals surface area (Å²) in [5.41, 5.74) is -0.597. The molecule has 0 fully saturated rings. The molecule has 5 nitrogen and oxygen atoms in total. The second-order valence-corrected chi connectivity index (χ2v) is 6.73. The first-order valence-electron chi connectivity index (χ1n) is 6.84. The van der Waals surface area contributed by atoms with Gasteiger partial charge in [0.2, 0.25) is 0 Å². The molecular formula is C13H23N3O2S2. The Morgan fingerprint density at radius 3 is 2.80 bits per heavy atom. The zero-order valence-electron chi connectivity index (χ0n) is 12.6. The van der Waals surface area contributed by atoms with E-state index in [9.17, 15) is 4.79 Å². The van der Waals surface area contributed by atoms with E-state index in [1.54, 1.807) is 11.8 Å². The SMILES string of the molecule is CCNC(C)(CCCSc1nc(CC)ns1)C(=O)OC. The fraction of sp³-hybridized carbons (Fsp3) is 0.769. The Morgan fingerprint density at radius 2 is 2.25 bits per heavy atom. The second kappa shape index (κ2) is 8.59. The van der Waals surface area contributed by atoms with Crippen molar-refractivity contribution < 1.29 is 9.53 Å². The van der Waals surface area contributed by atoms with Crippen molar-refractivity contribution in [1.29, 1.82) is 0 Å². The van der Waals surface area contributed by atoms with Crippen molar-refractivity contribution in [2.45, 2.75) is 49.9 Å². The monoisotopic (exact) mass is 317 g/mol. The molecule has 7 heteroatoms. The van der Waals surface area contributed by atoms with E-state index in [0.29, 0.717) is 0 Å². The van der Waals surface area contributed by atoms with Gasteiger partial charge in [0.05, 0.1) is 7.11 Å². The maximum Gasteiger partial charge on any atom is 0.325 e. The molecule has 0 amide bonds. The number of esters is 1. The van der Waals surface area contributed by atoms with Crippen molar-refractivity contribution >= 4 is 29.3 Å². The molecule has 0 aromatic carbocycles. The normalized spacial score (nSPS) is 14.0. The lowest BCUT2D eigenvalue weighted by molar-refractivity contribution is -0.148. The van der Waals surface area contributed by atoms with E-state index >= 15 is 0 Å². The number of carbonyl (C=O) groups excluding carboxylic acids is 1. The molecule has 0 saturated heterocycles. The summed E-state index contributed by atoms with van der Waals surface area (Å²) in [6, 6.07) is 0. The first-order valence-corrected chi connectivity index (χ1v) is 8.60. The largest absolute Gasteiger partial charge is 0.468 e. The highest BCUT2D eigenvalue weighted by atomic mass is 32.2. The van der Waals surface area contributed by atoms with Gasteiger partial charge in [-0.15, -0.1) is 0 Å². The summed E-state index contributed by atoms with van der Waals surface area (Å²) in [7, 11) is 1.43. The summed E-state index contributed by atoms with van der Waals surface area (Å²) >= 11 is 3.15. The van der Waals surface area contributed by atoms with Crippen LogP contribution in [0.3, 0.4) is 0 Å². The average molecular weight is 317 g/mol. The number of likely N-dealkylation sites (N-methyl/N-ethyl adjacent to an activating group) is 1. The van der Waals surface area contributed by atoms with Crippen molar-refractivity contribution in [1.82, 2.24) is 14.7 Å². The van der Waals surface area contributed by atoms with Gasteiger partial charge in [0, 0.05) is 12.2 Å². The Hall–Kier alpha value is -0.660. The Morgan fingerprint density at radius 1 is 1.50 bits per heavy atom. The molecule has 1 rings (SSSR count). The van der Waals surface area contributed by atoms with Crippen LogP contribution >= 0.6 is 23.3 Å². The van der Waals surface area contributed by atoms with E-state index < -0.39 is 5.54 Å². The van der Waals surface area contributed by atoms with Crippen LogP contribution in [-0.4, -0.2) is 40.3 Å². The van der Waals surface area contributed by atoms with Crippen LogP contribution in [-0.2, 0) is 16.0 Å². The van der Waals surface area contributed by atoms with Gasteiger partial charge in [0.25, 0.3) is 0 Å². The lowest BCUT2D eigenvalue weighted by Gasteiger charge is -2.27. The topological polar surface area (TPSA) is 64.1 Å². The van der Waals surface area contributed by atoms with Gasteiger partial charge in [0.15, 0.2) is 4.34 Å². The lowest BCUT2D eigenvalue weighted by Crippen LogP contribution is -2.50. The fourth-order valence-corrected chi connectivity index (χ4v) is 3.61. The lowest BCUT2D eigenvalue weighted by atomic mass is 9.96. The summed E-state index contributed by atoms with van der Waals surface area (Å²) in [4.78, 5) is 16.2. The van der Waals surface area contributed by atoms with Gasteiger partial charge in [-0.05, 0) is 37.8 Å². The number of nitrogens with one attached hydrogen (secondary N) is 1. The maximum absolute atomic E-state index is 11.8. The summed E-state index contributed by atoms with van der Waals surface area (Å²) in [6.45, 7) is 6.68. The van der Waals surface area contributed by atoms with E-state index in [1.807, 2.05) is 13.8 Å². The van der Waals surface area contributed by atoms with Crippen molar-refractivity contribution in [3.05, 3.63) is 5.82 Å². The number of methoxy groups -OCH3 is 1. The highest BCUT2D eigenvalue weighted by Crippen LogP contribution is 2.23. The predicted molar refractivity (Wildman–Crippen MR) is 83.3 cm³/mol. The molecule has 20 heavy (non-hydrogen) atoms. The number of thioether (sulfide) groups is 1. The quantitative estimate of drug-likeness (QED) is 0.429. The predicted octanol–water partition coefficient (Wildman–Crippen LogP) is 2.51. The van der Waals surface area contributed by atoms with Gasteiger partial charge in [0.1, 0.15) is 11.4 Å². The average Bonchev–Trinajstić information content (AvgIpc) is 2.91. The number of rotatable bonds is 9. The van der Waals surface area contributed by atoms with Crippen LogP contribution < -0.4 is 5.32 Å². The number of ether oxygens (including phenoxy) is 1. The molecule has 0 radical (unpaired) electrons. The van der Waals surface area contributed by atoms with Gasteiger partial charge in [-0.25, -0.2) is 4.98 Å². The summed E-state index contributed by atoms with van der Waals surface area (Å²) in [5.74, 6) is 1.63. The van der Waals surface area contributed by atoms with Gasteiger partial charge in [-0.3, -0.25) is 4.79 Å². The fourth-order valence-electron chi connectivity index (χ4n) is 1.90. The third-order valence-electron chi connectivity index (χ3n) is 3.02. The standard InChI is InChI=1S/C13H23N3O2S2/c1-5-10-15-12(20-16-10)19-9-7-8-13(3,14-6-2)11(17)18-4/h14H,5-9H2,1-4H3. The molecule has 1 unspecified atom stereocenters. The minimum atomic E-state index is -0.597. The maximum atomic E-state index is 11.8. The van der Waals surface area contributed by atoms with Crippen LogP contribution in [0.25, 0.3) is 0 Å². The third kappa shape index (κ3) is 5.03. The van der Waals surface area contributed by atoms with Crippen LogP contribution in [0.5, 0.6) is 0 Å². The minimum absolute atomic E-state index is 0.200. The van der Waals surface area contributed by atoms with Gasteiger partial charge < -0.3 is 10.1 Å². The first-order chi connectivity index (χ1) is 9.55. The van der Waals surface area contributed by atoms with Crippen molar-refractivity contribution in [3.63, 3.8) is 0 Å². The molecule has 0 aliphatic carbocycles. The van der Waals surface area contributed by atoms with Crippen LogP contribution in [0.1, 0.15) is 39.4 Å².